The lowest BCUT2D eigenvalue weighted by Gasteiger charge is -1.96. The molecular weight excluding hydrogens is 76.1 g/mol. The molecule has 0 saturated heterocycles. The van der Waals surface area contributed by atoms with Crippen LogP contribution < -0.4 is 11.5 Å². The molecule has 0 aromatic carbocycles. The average Bonchev–Trinajstić information content (AvgIpc) is 2.06. The van der Waals surface area contributed by atoms with Gasteiger partial charge in [-0.25, -0.2) is 0 Å². The Morgan fingerprint density at radius 3 is 1.83 bits per heavy atom. The molecule has 6 heavy (non-hydrogen) atoms. The summed E-state index contributed by atoms with van der Waals surface area (Å²) in [5, 5.41) is 0. The maximum atomic E-state index is 5.28. The molecule has 0 amide bonds. The van der Waals surface area contributed by atoms with E-state index in [9.17, 15) is 0 Å². The fourth-order valence-electron chi connectivity index (χ4n) is 0.481. The van der Waals surface area contributed by atoms with Crippen molar-refractivity contribution in [3.63, 3.8) is 0 Å². The fraction of sp³-hybridized carbons (Fsp3) is 1.00. The van der Waals surface area contributed by atoms with Gasteiger partial charge >= 0.3 is 0 Å². The third-order valence-electron chi connectivity index (χ3n) is 1.17. The van der Waals surface area contributed by atoms with Crippen LogP contribution in [-0.2, 0) is 0 Å². The first-order chi connectivity index (χ1) is 2.80. The van der Waals surface area contributed by atoms with Gasteiger partial charge in [0, 0.05) is 0 Å². The highest BCUT2D eigenvalue weighted by Gasteiger charge is 2.25. The van der Waals surface area contributed by atoms with Gasteiger partial charge in [-0.2, -0.15) is 0 Å². The van der Waals surface area contributed by atoms with E-state index in [2.05, 4.69) is 0 Å². The van der Waals surface area contributed by atoms with E-state index >= 15 is 0 Å². The van der Waals surface area contributed by atoms with Crippen molar-refractivity contribution in [2.75, 3.05) is 0 Å². The molecule has 1 aliphatic carbocycles. The minimum absolute atomic E-state index is 0.0370. The summed E-state index contributed by atoms with van der Waals surface area (Å²) >= 11 is 0. The molecule has 0 aromatic rings. The first-order valence-corrected chi connectivity index (χ1v) is 2.32. The molecular formula is C4H10N2. The van der Waals surface area contributed by atoms with Crippen molar-refractivity contribution in [1.29, 1.82) is 0 Å². The van der Waals surface area contributed by atoms with E-state index in [1.165, 1.54) is 12.8 Å². The summed E-state index contributed by atoms with van der Waals surface area (Å²) in [6, 6.07) is 0. The second kappa shape index (κ2) is 1.21. The smallest absolute Gasteiger partial charge is 0.0549 e. The van der Waals surface area contributed by atoms with Crippen LogP contribution in [0.1, 0.15) is 12.8 Å². The molecule has 1 rings (SSSR count). The molecule has 0 heterocycles. The van der Waals surface area contributed by atoms with Gasteiger partial charge in [0.15, 0.2) is 0 Å². The van der Waals surface area contributed by atoms with Crippen molar-refractivity contribution < 1.29 is 0 Å². The van der Waals surface area contributed by atoms with Crippen LogP contribution in [0.15, 0.2) is 0 Å². The summed E-state index contributed by atoms with van der Waals surface area (Å²) in [7, 11) is 0. The number of hydrogen-bond acceptors (Lipinski definition) is 2. The van der Waals surface area contributed by atoms with Crippen molar-refractivity contribution in [3.8, 4) is 0 Å². The summed E-state index contributed by atoms with van der Waals surface area (Å²) in [5.41, 5.74) is 10.6. The van der Waals surface area contributed by atoms with Crippen LogP contribution >= 0.6 is 0 Å². The second-order valence-electron chi connectivity index (χ2n) is 1.91. The van der Waals surface area contributed by atoms with Crippen molar-refractivity contribution in [2.45, 2.75) is 19.0 Å². The number of rotatable bonds is 1. The molecule has 0 aliphatic heterocycles. The highest BCUT2D eigenvalue weighted by molar-refractivity contribution is 4.79. The zero-order valence-corrected chi connectivity index (χ0v) is 3.72. The van der Waals surface area contributed by atoms with Gasteiger partial charge in [-0.1, -0.05) is 0 Å². The molecule has 0 atom stereocenters. The van der Waals surface area contributed by atoms with Crippen LogP contribution in [0.5, 0.6) is 0 Å². The van der Waals surface area contributed by atoms with E-state index in [-0.39, 0.29) is 6.17 Å². The monoisotopic (exact) mass is 86.1 g/mol. The standard InChI is InChI=1S/C4H10N2/c5-4(6)3-1-2-3/h3-4H,1-2,5-6H2. The lowest BCUT2D eigenvalue weighted by Crippen LogP contribution is -2.32. The molecule has 1 fully saturated rings. The largest absolute Gasteiger partial charge is 0.316 e. The maximum Gasteiger partial charge on any atom is 0.0549 e. The summed E-state index contributed by atoms with van der Waals surface area (Å²) in [6.07, 6.45) is 2.46. The van der Waals surface area contributed by atoms with Gasteiger partial charge in [0.1, 0.15) is 0 Å². The quantitative estimate of drug-likeness (QED) is 0.428. The summed E-state index contributed by atoms with van der Waals surface area (Å²) < 4.78 is 0. The predicted octanol–water partition coefficient (Wildman–Crippen LogP) is -0.360. The predicted molar refractivity (Wildman–Crippen MR) is 24.9 cm³/mol. The molecule has 0 aromatic heterocycles. The number of hydrogen-bond donors (Lipinski definition) is 2. The molecule has 0 spiro atoms. The van der Waals surface area contributed by atoms with Crippen LogP contribution in [0, 0.1) is 5.92 Å². The Kier molecular flexibility index (Phi) is 0.821. The third kappa shape index (κ3) is 0.698. The lowest BCUT2D eigenvalue weighted by molar-refractivity contribution is 0.621. The van der Waals surface area contributed by atoms with Crippen LogP contribution in [-0.4, -0.2) is 6.17 Å². The van der Waals surface area contributed by atoms with Crippen LogP contribution in [0.25, 0.3) is 0 Å². The second-order valence-corrected chi connectivity index (χ2v) is 1.91. The zero-order chi connectivity index (χ0) is 4.57. The van der Waals surface area contributed by atoms with Gasteiger partial charge in [0.25, 0.3) is 0 Å². The van der Waals surface area contributed by atoms with E-state index in [4.69, 9.17) is 11.5 Å². The molecule has 4 N–H and O–H groups in total. The van der Waals surface area contributed by atoms with E-state index < -0.39 is 0 Å². The molecule has 2 heteroatoms. The maximum absolute atomic E-state index is 5.28. The van der Waals surface area contributed by atoms with E-state index in [1.54, 1.807) is 0 Å². The Bertz CT molecular complexity index is 47.5. The highest BCUT2D eigenvalue weighted by atomic mass is 14.9. The van der Waals surface area contributed by atoms with Crippen LogP contribution in [0.2, 0.25) is 0 Å². The molecule has 1 saturated carbocycles. The van der Waals surface area contributed by atoms with Crippen molar-refractivity contribution in [3.05, 3.63) is 0 Å². The Morgan fingerprint density at radius 2 is 1.83 bits per heavy atom. The Labute approximate surface area is 37.5 Å². The Morgan fingerprint density at radius 1 is 1.33 bits per heavy atom. The van der Waals surface area contributed by atoms with E-state index in [1.807, 2.05) is 0 Å². The minimum atomic E-state index is -0.0370. The van der Waals surface area contributed by atoms with E-state index in [0.717, 1.165) is 0 Å². The first-order valence-electron chi connectivity index (χ1n) is 2.32. The molecule has 36 valence electrons. The Balaban J connectivity index is 2.13. The molecule has 0 bridgehead atoms. The van der Waals surface area contributed by atoms with Gasteiger partial charge in [0.2, 0.25) is 0 Å². The van der Waals surface area contributed by atoms with Crippen LogP contribution in [0.4, 0.5) is 0 Å². The van der Waals surface area contributed by atoms with Crippen molar-refractivity contribution in [1.82, 2.24) is 0 Å². The van der Waals surface area contributed by atoms with Gasteiger partial charge in [-0.15, -0.1) is 0 Å². The normalized spacial score (nSPS) is 22.5. The topological polar surface area (TPSA) is 52.0 Å². The zero-order valence-electron chi connectivity index (χ0n) is 3.72. The van der Waals surface area contributed by atoms with Crippen molar-refractivity contribution >= 4 is 0 Å². The van der Waals surface area contributed by atoms with Gasteiger partial charge in [0.05, 0.1) is 6.17 Å². The van der Waals surface area contributed by atoms with E-state index in [0.29, 0.717) is 5.92 Å². The average molecular weight is 86.1 g/mol. The third-order valence-corrected chi connectivity index (χ3v) is 1.17. The summed E-state index contributed by atoms with van der Waals surface area (Å²) in [5.74, 6) is 0.657. The number of nitrogens with two attached hydrogens (primary N) is 2. The highest BCUT2D eigenvalue weighted by Crippen LogP contribution is 2.29. The Hall–Kier alpha value is -0.0800. The summed E-state index contributed by atoms with van der Waals surface area (Å²) in [6.45, 7) is 0. The van der Waals surface area contributed by atoms with Crippen LogP contribution in [0.3, 0.4) is 0 Å². The molecule has 0 unspecified atom stereocenters. The first kappa shape index (κ1) is 4.09. The molecule has 2 nitrogen and oxygen atoms in total. The SMILES string of the molecule is NC(N)C1CC1. The fourth-order valence-corrected chi connectivity index (χ4v) is 0.481. The molecule has 1 aliphatic rings. The minimum Gasteiger partial charge on any atom is -0.316 e. The summed E-state index contributed by atoms with van der Waals surface area (Å²) in [4.78, 5) is 0. The van der Waals surface area contributed by atoms with Gasteiger partial charge in [-0.05, 0) is 18.8 Å². The molecule has 0 radical (unpaired) electrons. The lowest BCUT2D eigenvalue weighted by atomic mass is 10.4. The van der Waals surface area contributed by atoms with Gasteiger partial charge in [-0.3, -0.25) is 0 Å². The van der Waals surface area contributed by atoms with Crippen molar-refractivity contribution in [2.24, 2.45) is 17.4 Å². The van der Waals surface area contributed by atoms with Gasteiger partial charge < -0.3 is 11.5 Å².